The lowest BCUT2D eigenvalue weighted by Crippen LogP contribution is -2.44. The first kappa shape index (κ1) is 82.4. The van der Waals surface area contributed by atoms with Gasteiger partial charge in [0.05, 0.1) is 38.3 Å². The molecule has 554 valence electrons. The number of nitrogens with zero attached hydrogens (tertiary/aromatic N) is 12. The third-order valence-electron chi connectivity index (χ3n) is 18.2. The summed E-state index contributed by atoms with van der Waals surface area (Å²) in [6.07, 6.45) is 43.7. The molecule has 1 N–H and O–H groups in total. The van der Waals surface area contributed by atoms with Crippen molar-refractivity contribution in [2.45, 2.75) is 362 Å². The lowest BCUT2D eigenvalue weighted by molar-refractivity contribution is -0.151. The monoisotopic (exact) mass is 1370 g/mol. The molecule has 5 rings (SSSR count). The van der Waals surface area contributed by atoms with Gasteiger partial charge in [-0.1, -0.05) is 211 Å². The second-order valence-corrected chi connectivity index (χ2v) is 27.2. The van der Waals surface area contributed by atoms with E-state index >= 15 is 0 Å². The van der Waals surface area contributed by atoms with Crippen molar-refractivity contribution >= 4 is 17.9 Å². The quantitative estimate of drug-likeness (QED) is 0.0244. The molecule has 1 aliphatic rings. The molecule has 98 heavy (non-hydrogen) atoms. The first-order valence-corrected chi connectivity index (χ1v) is 38.3. The molecular formula is C74H126N12O12. The Labute approximate surface area is 585 Å². The van der Waals surface area contributed by atoms with Gasteiger partial charge in [0.25, 0.3) is 5.56 Å². The van der Waals surface area contributed by atoms with E-state index in [0.29, 0.717) is 30.8 Å². The Kier molecular flexibility index (Phi) is 42.1. The van der Waals surface area contributed by atoms with Crippen LogP contribution in [0.4, 0.5) is 0 Å². The van der Waals surface area contributed by atoms with Crippen molar-refractivity contribution in [2.24, 2.45) is 0 Å². The molecule has 4 aromatic rings. The number of hydrogen-bond donors (Lipinski definition) is 1. The van der Waals surface area contributed by atoms with Crippen molar-refractivity contribution in [3.63, 3.8) is 0 Å². The molecule has 0 saturated carbocycles. The van der Waals surface area contributed by atoms with E-state index in [1.807, 2.05) is 11.9 Å². The van der Waals surface area contributed by atoms with Crippen LogP contribution in [0.5, 0.6) is 0 Å². The summed E-state index contributed by atoms with van der Waals surface area (Å²) in [7, 11) is 1.86. The molecule has 0 aliphatic carbocycles. The van der Waals surface area contributed by atoms with Gasteiger partial charge in [-0.2, -0.15) is 0 Å². The fraction of sp³-hybridized carbons (Fsp3) is 0.797. The van der Waals surface area contributed by atoms with E-state index in [2.05, 4.69) is 72.5 Å². The summed E-state index contributed by atoms with van der Waals surface area (Å²) in [5, 5.41) is 35.5. The zero-order valence-electron chi connectivity index (χ0n) is 61.3. The maximum Gasteiger partial charge on any atom is 0.334 e. The van der Waals surface area contributed by atoms with Gasteiger partial charge in [-0.05, 0) is 89.9 Å². The minimum Gasteiger partial charge on any atom is -0.467 e. The highest BCUT2D eigenvalue weighted by Crippen LogP contribution is 2.37. The van der Waals surface area contributed by atoms with Gasteiger partial charge in [0, 0.05) is 38.7 Å². The number of aliphatic hydroxyl groups excluding tert-OH is 1. The molecule has 5 heterocycles. The molecule has 0 aromatic carbocycles. The van der Waals surface area contributed by atoms with Crippen LogP contribution in [0.15, 0.2) is 52.4 Å². The number of aromatic nitrogens is 11. The van der Waals surface area contributed by atoms with E-state index in [9.17, 15) is 29.1 Å². The highest BCUT2D eigenvalue weighted by Gasteiger charge is 2.46. The van der Waals surface area contributed by atoms with Gasteiger partial charge < -0.3 is 38.4 Å². The van der Waals surface area contributed by atoms with Crippen LogP contribution in [-0.2, 0) is 82.2 Å². The van der Waals surface area contributed by atoms with E-state index < -0.39 is 47.6 Å². The van der Waals surface area contributed by atoms with Crippen LogP contribution in [0.2, 0.25) is 0 Å². The third-order valence-corrected chi connectivity index (χ3v) is 18.2. The van der Waals surface area contributed by atoms with Gasteiger partial charge in [-0.25, -0.2) is 18.8 Å². The smallest absolute Gasteiger partial charge is 0.334 e. The molecule has 0 amide bonds. The molecule has 0 radical (unpaired) electrons. The highest BCUT2D eigenvalue weighted by atomic mass is 16.6. The SMILES string of the molecule is CCCCCCCCC(CCCCCC)OC(=O)Cn1cc(CO[C@@H]2[C@H](OCc3cn(CC(=O)OC(CCCCCC)CCCCCCCC)nn3)/C(=C\N(C)CCCCO)O[C@H]2n2ccc(=O)n(Cc3cn(CC(=O)OC(CCCCCC)CCCCCCCC)nn3)c2=O)nn1. The standard InChI is InChI=1S/C74H126N12O12/c1-8-14-20-26-29-35-43-63(40-32-23-17-11-4)95-68(89)55-82-50-60(75-78-82)53-86-67(88)46-48-85(74(86)92)73-72(94-59-62-52-84(80-77-62)57-70(91)97-65(42-34-25-19-13-6)45-37-31-28-22-16-10-3)71(66(98-73)54-81(7)47-38-39-49-87)93-58-61-51-83(79-76-61)56-69(90)96-64(41-33-24-18-12-5)44-36-30-27-21-15-9-2/h46,48,50-52,54,63-65,71-73,87H,8-45,47,49,53,55-59H2,1-7H3/b66-54+/t63?,64?,65?,71-,72-,73-/m1/s1. The largest absolute Gasteiger partial charge is 0.467 e. The van der Waals surface area contributed by atoms with Gasteiger partial charge in [0.2, 0.25) is 6.23 Å². The van der Waals surface area contributed by atoms with E-state index in [0.717, 1.165) is 159 Å². The minimum atomic E-state index is -1.25. The number of ether oxygens (including phenoxy) is 6. The van der Waals surface area contributed by atoms with Crippen molar-refractivity contribution in [2.75, 3.05) is 20.2 Å². The molecule has 6 atom stereocenters. The first-order chi connectivity index (χ1) is 47.8. The third kappa shape index (κ3) is 32.8. The zero-order valence-corrected chi connectivity index (χ0v) is 61.3. The van der Waals surface area contributed by atoms with Crippen LogP contribution in [0.3, 0.4) is 0 Å². The van der Waals surface area contributed by atoms with Gasteiger partial charge in [0.15, 0.2) is 0 Å². The van der Waals surface area contributed by atoms with Crippen LogP contribution in [-0.4, -0.2) is 133 Å². The Balaban J connectivity index is 1.40. The second-order valence-electron chi connectivity index (χ2n) is 27.2. The number of unbranched alkanes of at least 4 members (excludes halogenated alkanes) is 25. The Hall–Kier alpha value is -6.27. The average Bonchev–Trinajstić information content (AvgIpc) is 1.60. The predicted octanol–water partition coefficient (Wildman–Crippen LogP) is 14.0. The number of carbonyl (C=O) groups is 3. The maximum absolute atomic E-state index is 14.9. The highest BCUT2D eigenvalue weighted by molar-refractivity contribution is 5.70. The number of aliphatic hydroxyl groups is 1. The summed E-state index contributed by atoms with van der Waals surface area (Å²) < 4.78 is 45.1. The summed E-state index contributed by atoms with van der Waals surface area (Å²) in [5.74, 6) is -0.949. The van der Waals surface area contributed by atoms with Gasteiger partial charge in [-0.3, -0.25) is 28.3 Å². The zero-order chi connectivity index (χ0) is 70.4. The number of rotatable bonds is 59. The fourth-order valence-electron chi connectivity index (χ4n) is 12.6. The minimum absolute atomic E-state index is 0.0209. The van der Waals surface area contributed by atoms with Crippen molar-refractivity contribution in [3.8, 4) is 0 Å². The molecular weight excluding hydrogens is 1250 g/mol. The number of hydrogen-bond acceptors (Lipinski definition) is 19. The van der Waals surface area contributed by atoms with E-state index in [-0.39, 0.29) is 75.8 Å². The summed E-state index contributed by atoms with van der Waals surface area (Å²) in [6.45, 7) is 12.6. The molecule has 0 bridgehead atoms. The normalized spacial score (nSPS) is 16.0. The summed E-state index contributed by atoms with van der Waals surface area (Å²) >= 11 is 0. The summed E-state index contributed by atoms with van der Waals surface area (Å²) in [6, 6.07) is 1.26. The molecule has 4 aromatic heterocycles. The van der Waals surface area contributed by atoms with Crippen LogP contribution >= 0.6 is 0 Å². The van der Waals surface area contributed by atoms with Crippen LogP contribution in [0.25, 0.3) is 0 Å². The van der Waals surface area contributed by atoms with Gasteiger partial charge in [-0.15, -0.1) is 15.3 Å². The lowest BCUT2D eigenvalue weighted by atomic mass is 10.0. The van der Waals surface area contributed by atoms with Crippen LogP contribution < -0.4 is 11.2 Å². The average molecular weight is 1380 g/mol. The summed E-state index contributed by atoms with van der Waals surface area (Å²) in [5.41, 5.74) is -0.348. The first-order valence-electron chi connectivity index (χ1n) is 38.3. The van der Waals surface area contributed by atoms with Crippen LogP contribution in [0.1, 0.15) is 309 Å². The number of carbonyl (C=O) groups excluding carboxylic acids is 3. The maximum atomic E-state index is 14.9. The van der Waals surface area contributed by atoms with Crippen molar-refractivity contribution in [3.05, 3.63) is 80.7 Å². The lowest BCUT2D eigenvalue weighted by Gasteiger charge is -2.23. The summed E-state index contributed by atoms with van der Waals surface area (Å²) in [4.78, 5) is 71.3. The van der Waals surface area contributed by atoms with Crippen molar-refractivity contribution in [1.82, 2.24) is 59.0 Å². The Morgan fingerprint density at radius 3 is 1.29 bits per heavy atom. The predicted molar refractivity (Wildman–Crippen MR) is 378 cm³/mol. The molecule has 24 heteroatoms. The topological polar surface area (TPSA) is 266 Å². The van der Waals surface area contributed by atoms with Gasteiger partial charge in [0.1, 0.15) is 73.0 Å². The van der Waals surface area contributed by atoms with Crippen molar-refractivity contribution in [1.29, 1.82) is 0 Å². The molecule has 24 nitrogen and oxygen atoms in total. The van der Waals surface area contributed by atoms with E-state index in [4.69, 9.17) is 28.4 Å². The van der Waals surface area contributed by atoms with E-state index in [1.54, 1.807) is 18.6 Å². The van der Waals surface area contributed by atoms with E-state index in [1.165, 1.54) is 114 Å². The Morgan fingerprint density at radius 2 is 0.878 bits per heavy atom. The molecule has 1 saturated heterocycles. The van der Waals surface area contributed by atoms with Crippen LogP contribution in [0, 0.1) is 0 Å². The second kappa shape index (κ2) is 50.1. The van der Waals surface area contributed by atoms with Gasteiger partial charge >= 0.3 is 23.6 Å². The molecule has 0 spiro atoms. The molecule has 1 fully saturated rings. The Morgan fingerprint density at radius 1 is 0.510 bits per heavy atom. The molecule has 3 unspecified atom stereocenters. The molecule has 1 aliphatic heterocycles. The van der Waals surface area contributed by atoms with Crippen molar-refractivity contribution < 1.29 is 47.9 Å². The number of esters is 3. The fourth-order valence-corrected chi connectivity index (χ4v) is 12.6. The Bertz CT molecular complexity index is 2920.